The number of morpholine rings is 1. The summed E-state index contributed by atoms with van der Waals surface area (Å²) in [6, 6.07) is 6.13. The van der Waals surface area contributed by atoms with Gasteiger partial charge in [-0.25, -0.2) is 15.0 Å². The van der Waals surface area contributed by atoms with Gasteiger partial charge in [-0.05, 0) is 50.0 Å². The largest absolute Gasteiger partial charge is 0.378 e. The number of ether oxygens (including phenoxy) is 1. The first kappa shape index (κ1) is 19.1. The minimum absolute atomic E-state index is 0.602. The summed E-state index contributed by atoms with van der Waals surface area (Å²) in [5.74, 6) is 2.37. The second-order valence-electron chi connectivity index (χ2n) is 7.88. The fraction of sp³-hybridized carbons (Fsp3) is 0.455. The summed E-state index contributed by atoms with van der Waals surface area (Å²) in [5, 5.41) is 7.00. The van der Waals surface area contributed by atoms with Gasteiger partial charge in [-0.3, -0.25) is 4.98 Å². The van der Waals surface area contributed by atoms with Gasteiger partial charge in [-0.15, -0.1) is 0 Å². The molecule has 2 aliphatic heterocycles. The summed E-state index contributed by atoms with van der Waals surface area (Å²) in [6.07, 6.45) is 7.79. The maximum absolute atomic E-state index is 5.43. The first-order chi connectivity index (χ1) is 14.9. The third-order valence-electron chi connectivity index (χ3n) is 5.79. The molecule has 156 valence electrons. The van der Waals surface area contributed by atoms with E-state index in [1.54, 1.807) is 12.4 Å². The van der Waals surface area contributed by atoms with Crippen molar-refractivity contribution >= 4 is 22.7 Å². The molecule has 0 bridgehead atoms. The molecule has 3 aromatic rings. The lowest BCUT2D eigenvalue weighted by molar-refractivity contribution is 0.122. The molecule has 2 saturated heterocycles. The van der Waals surface area contributed by atoms with Crippen molar-refractivity contribution < 1.29 is 4.74 Å². The number of nitrogens with one attached hydrogen (secondary N) is 2. The molecule has 2 N–H and O–H groups in total. The van der Waals surface area contributed by atoms with Crippen molar-refractivity contribution in [3.05, 3.63) is 36.8 Å². The van der Waals surface area contributed by atoms with Crippen LogP contribution in [0.4, 0.5) is 11.6 Å². The molecule has 5 heterocycles. The summed E-state index contributed by atoms with van der Waals surface area (Å²) < 4.78 is 5.43. The Balaban J connectivity index is 1.41. The van der Waals surface area contributed by atoms with Crippen LogP contribution >= 0.6 is 0 Å². The van der Waals surface area contributed by atoms with E-state index >= 15 is 0 Å². The first-order valence-corrected chi connectivity index (χ1v) is 10.7. The van der Waals surface area contributed by atoms with E-state index in [-0.39, 0.29) is 0 Å². The summed E-state index contributed by atoms with van der Waals surface area (Å²) in [5.41, 5.74) is 3.47. The third kappa shape index (κ3) is 4.20. The molecule has 0 spiro atoms. The Morgan fingerprint density at radius 1 is 1.13 bits per heavy atom. The monoisotopic (exact) mass is 405 g/mol. The van der Waals surface area contributed by atoms with Crippen LogP contribution in [0.1, 0.15) is 12.8 Å². The van der Waals surface area contributed by atoms with E-state index in [0.29, 0.717) is 5.92 Å². The van der Waals surface area contributed by atoms with Gasteiger partial charge in [-0.1, -0.05) is 0 Å². The third-order valence-corrected chi connectivity index (χ3v) is 5.79. The van der Waals surface area contributed by atoms with E-state index in [2.05, 4.69) is 42.6 Å². The molecule has 1 unspecified atom stereocenters. The average Bonchev–Trinajstić information content (AvgIpc) is 2.84. The molecule has 0 saturated carbocycles. The molecule has 0 amide bonds. The number of hydrogen-bond acceptors (Lipinski definition) is 8. The molecule has 3 aromatic heterocycles. The quantitative estimate of drug-likeness (QED) is 0.669. The van der Waals surface area contributed by atoms with Gasteiger partial charge in [-0.2, -0.15) is 0 Å². The fourth-order valence-corrected chi connectivity index (χ4v) is 4.10. The number of hydrogen-bond donors (Lipinski definition) is 2. The van der Waals surface area contributed by atoms with E-state index in [4.69, 9.17) is 9.72 Å². The molecular weight excluding hydrogens is 378 g/mol. The number of nitrogens with zero attached hydrogens (tertiary/aromatic N) is 5. The molecule has 0 aliphatic carbocycles. The number of rotatable bonds is 5. The van der Waals surface area contributed by atoms with Crippen LogP contribution < -0.4 is 15.5 Å². The van der Waals surface area contributed by atoms with Gasteiger partial charge in [0.05, 0.1) is 24.4 Å². The molecule has 0 aromatic carbocycles. The maximum atomic E-state index is 5.43. The van der Waals surface area contributed by atoms with Crippen molar-refractivity contribution in [2.45, 2.75) is 12.8 Å². The topological polar surface area (TPSA) is 88.1 Å². The number of piperidine rings is 1. The van der Waals surface area contributed by atoms with Crippen molar-refractivity contribution in [3.63, 3.8) is 0 Å². The van der Waals surface area contributed by atoms with Gasteiger partial charge in [0.1, 0.15) is 11.3 Å². The van der Waals surface area contributed by atoms with Gasteiger partial charge in [0.25, 0.3) is 0 Å². The number of pyridine rings is 2. The van der Waals surface area contributed by atoms with E-state index < -0.39 is 0 Å². The second-order valence-corrected chi connectivity index (χ2v) is 7.88. The smallest absolute Gasteiger partial charge is 0.154 e. The summed E-state index contributed by atoms with van der Waals surface area (Å²) in [6.45, 7) is 6.29. The van der Waals surface area contributed by atoms with Crippen molar-refractivity contribution in [1.29, 1.82) is 0 Å². The predicted molar refractivity (Wildman–Crippen MR) is 118 cm³/mol. The minimum Gasteiger partial charge on any atom is -0.378 e. The van der Waals surface area contributed by atoms with Crippen LogP contribution in [0.15, 0.2) is 36.8 Å². The van der Waals surface area contributed by atoms with Crippen LogP contribution in [0.25, 0.3) is 22.3 Å². The Morgan fingerprint density at radius 3 is 2.83 bits per heavy atom. The molecule has 0 radical (unpaired) electrons. The molecule has 8 heteroatoms. The number of aromatic nitrogens is 4. The van der Waals surface area contributed by atoms with Crippen LogP contribution in [0.5, 0.6) is 0 Å². The second kappa shape index (κ2) is 8.89. The van der Waals surface area contributed by atoms with E-state index in [1.807, 2.05) is 12.3 Å². The van der Waals surface area contributed by atoms with Crippen LogP contribution in [0, 0.1) is 5.92 Å². The van der Waals surface area contributed by atoms with E-state index in [0.717, 1.165) is 79.9 Å². The van der Waals surface area contributed by atoms with Gasteiger partial charge in [0, 0.05) is 43.8 Å². The van der Waals surface area contributed by atoms with Gasteiger partial charge < -0.3 is 20.3 Å². The minimum atomic E-state index is 0.602. The maximum Gasteiger partial charge on any atom is 0.154 e. The van der Waals surface area contributed by atoms with E-state index in [1.165, 1.54) is 12.8 Å². The van der Waals surface area contributed by atoms with Crippen molar-refractivity contribution in [1.82, 2.24) is 25.3 Å². The SMILES string of the molecule is c1cnc2c(NCC3CCCNC3)nc(-c3ccc(N4CCOCC4)nc3)cc2n1. The lowest BCUT2D eigenvalue weighted by Crippen LogP contribution is -2.36. The van der Waals surface area contributed by atoms with Gasteiger partial charge in [0.2, 0.25) is 0 Å². The van der Waals surface area contributed by atoms with Crippen molar-refractivity contribution in [2.24, 2.45) is 5.92 Å². The molecular formula is C22H27N7O. The molecule has 30 heavy (non-hydrogen) atoms. The highest BCUT2D eigenvalue weighted by Gasteiger charge is 2.16. The summed E-state index contributed by atoms with van der Waals surface area (Å²) in [7, 11) is 0. The van der Waals surface area contributed by atoms with Gasteiger partial charge in [0.15, 0.2) is 5.82 Å². The van der Waals surface area contributed by atoms with Crippen LogP contribution in [0.2, 0.25) is 0 Å². The van der Waals surface area contributed by atoms with Crippen LogP contribution in [-0.4, -0.2) is 65.9 Å². The highest BCUT2D eigenvalue weighted by molar-refractivity contribution is 5.88. The Morgan fingerprint density at radius 2 is 2.03 bits per heavy atom. The Labute approximate surface area is 176 Å². The zero-order chi connectivity index (χ0) is 20.2. The Kier molecular flexibility index (Phi) is 5.67. The van der Waals surface area contributed by atoms with Crippen LogP contribution in [0.3, 0.4) is 0 Å². The predicted octanol–water partition coefficient (Wildman–Crippen LogP) is 2.33. The standard InChI is InChI=1S/C22H27N7O/c1-2-16(13-23-5-1)14-27-22-21-19(24-6-7-25-21)12-18(28-22)17-3-4-20(26-15-17)29-8-10-30-11-9-29/h3-4,6-7,12,15-16,23H,1-2,5,8-11,13-14H2,(H,27,28). The molecule has 1 atom stereocenters. The highest BCUT2D eigenvalue weighted by atomic mass is 16.5. The van der Waals surface area contributed by atoms with Crippen molar-refractivity contribution in [3.8, 4) is 11.3 Å². The zero-order valence-electron chi connectivity index (χ0n) is 17.0. The highest BCUT2D eigenvalue weighted by Crippen LogP contribution is 2.26. The molecule has 5 rings (SSSR count). The summed E-state index contributed by atoms with van der Waals surface area (Å²) in [4.78, 5) is 20.8. The van der Waals surface area contributed by atoms with Crippen molar-refractivity contribution in [2.75, 3.05) is 56.2 Å². The molecule has 2 aliphatic rings. The summed E-state index contributed by atoms with van der Waals surface area (Å²) >= 11 is 0. The average molecular weight is 406 g/mol. The molecule has 2 fully saturated rings. The Bertz CT molecular complexity index is 982. The lowest BCUT2D eigenvalue weighted by Gasteiger charge is -2.27. The lowest BCUT2D eigenvalue weighted by atomic mass is 10.00. The fourth-order valence-electron chi connectivity index (χ4n) is 4.10. The first-order valence-electron chi connectivity index (χ1n) is 10.7. The van der Waals surface area contributed by atoms with Crippen LogP contribution in [-0.2, 0) is 4.74 Å². The number of anilines is 2. The Hall–Kier alpha value is -2.84. The number of fused-ring (bicyclic) bond motifs is 1. The molecule has 8 nitrogen and oxygen atoms in total. The van der Waals surface area contributed by atoms with E-state index in [9.17, 15) is 0 Å². The normalized spacial score (nSPS) is 19.7. The van der Waals surface area contributed by atoms with Gasteiger partial charge >= 0.3 is 0 Å². The zero-order valence-corrected chi connectivity index (χ0v) is 17.0.